The molecule has 3 fully saturated rings. The molecule has 0 aliphatic heterocycles. The van der Waals surface area contributed by atoms with Crippen LogP contribution in [0, 0.1) is 23.2 Å². The van der Waals surface area contributed by atoms with E-state index < -0.39 is 0 Å². The zero-order valence-corrected chi connectivity index (χ0v) is 18.7. The Morgan fingerprint density at radius 1 is 1.04 bits per heavy atom. The highest BCUT2D eigenvalue weighted by Gasteiger charge is 2.54. The van der Waals surface area contributed by atoms with Crippen LogP contribution in [0.4, 0.5) is 0 Å². The highest BCUT2D eigenvalue weighted by Crippen LogP contribution is 2.59. The molecule has 2 bridgehead atoms. The predicted octanol–water partition coefficient (Wildman–Crippen LogP) is 5.59. The van der Waals surface area contributed by atoms with Crippen LogP contribution in [0.1, 0.15) is 77.7 Å². The van der Waals surface area contributed by atoms with E-state index >= 15 is 0 Å². The van der Waals surface area contributed by atoms with Crippen LogP contribution in [-0.4, -0.2) is 17.1 Å². The quantitative estimate of drug-likeness (QED) is 0.652. The minimum atomic E-state index is 0.0993. The van der Waals surface area contributed by atoms with E-state index in [4.69, 9.17) is 18.0 Å². The molecule has 0 amide bonds. The summed E-state index contributed by atoms with van der Waals surface area (Å²) in [4.78, 5) is 1.12. The topological polar surface area (TPSA) is 38.0 Å². The number of nitrogens with two attached hydrogens (primary N) is 1. The van der Waals surface area contributed by atoms with Crippen LogP contribution in [0.5, 0.6) is 0 Å². The summed E-state index contributed by atoms with van der Waals surface area (Å²) in [7, 11) is 0. The first-order valence-electron chi connectivity index (χ1n) is 11.4. The molecule has 0 saturated heterocycles. The maximum absolute atomic E-state index is 6.11. The van der Waals surface area contributed by atoms with E-state index in [-0.39, 0.29) is 10.8 Å². The van der Waals surface area contributed by atoms with Crippen molar-refractivity contribution in [2.45, 2.75) is 89.6 Å². The molecular weight excluding hydrogens is 360 g/mol. The average molecular weight is 399 g/mol. The van der Waals surface area contributed by atoms with E-state index in [1.165, 1.54) is 31.2 Å². The minimum absolute atomic E-state index is 0.0993. The number of hydrogen-bond acceptors (Lipinski definition) is 2. The predicted molar refractivity (Wildman–Crippen MR) is 122 cm³/mol. The summed E-state index contributed by atoms with van der Waals surface area (Å²) >= 11 is 6.10. The second kappa shape index (κ2) is 7.72. The molecule has 0 aromatic heterocycles. The van der Waals surface area contributed by atoms with Crippen molar-refractivity contribution in [3.8, 4) is 0 Å². The van der Waals surface area contributed by atoms with E-state index in [1.807, 2.05) is 0 Å². The van der Waals surface area contributed by atoms with Crippen LogP contribution < -0.4 is 11.1 Å². The third kappa shape index (κ3) is 3.77. The van der Waals surface area contributed by atoms with Gasteiger partial charge in [0.05, 0.1) is 4.99 Å². The van der Waals surface area contributed by atoms with Crippen molar-refractivity contribution in [1.82, 2.24) is 5.32 Å². The fourth-order valence-electron chi connectivity index (χ4n) is 6.76. The van der Waals surface area contributed by atoms with Gasteiger partial charge in [-0.1, -0.05) is 63.3 Å². The molecule has 0 heterocycles. The molecule has 0 spiro atoms. The van der Waals surface area contributed by atoms with Gasteiger partial charge in [-0.3, -0.25) is 0 Å². The van der Waals surface area contributed by atoms with Crippen molar-refractivity contribution in [2.75, 3.05) is 0 Å². The normalized spacial score (nSPS) is 43.4. The van der Waals surface area contributed by atoms with Crippen molar-refractivity contribution >= 4 is 17.2 Å². The summed E-state index contributed by atoms with van der Waals surface area (Å²) in [5.41, 5.74) is 8.03. The van der Waals surface area contributed by atoms with Crippen molar-refractivity contribution in [3.05, 3.63) is 35.9 Å². The van der Waals surface area contributed by atoms with Gasteiger partial charge in [0, 0.05) is 17.5 Å². The third-order valence-electron chi connectivity index (χ3n) is 8.49. The lowest BCUT2D eigenvalue weighted by Gasteiger charge is -2.57. The van der Waals surface area contributed by atoms with Gasteiger partial charge < -0.3 is 11.1 Å². The monoisotopic (exact) mass is 398 g/mol. The van der Waals surface area contributed by atoms with E-state index in [2.05, 4.69) is 56.4 Å². The number of thiocarbonyl (C=S) groups is 1. The van der Waals surface area contributed by atoms with E-state index in [0.717, 1.165) is 48.4 Å². The SMILES string of the molecule is CC1CC2(c3ccccc3)CC(CC(C)(C(=S)NC3CCC(N)CC3)C2)C1C. The number of nitrogens with one attached hydrogen (secondary N) is 1. The van der Waals surface area contributed by atoms with Crippen LogP contribution in [0.3, 0.4) is 0 Å². The Kier molecular flexibility index (Phi) is 5.61. The molecule has 2 nitrogen and oxygen atoms in total. The lowest BCUT2D eigenvalue weighted by atomic mass is 9.48. The number of hydrogen-bond donors (Lipinski definition) is 2. The van der Waals surface area contributed by atoms with Crippen molar-refractivity contribution in [2.24, 2.45) is 28.9 Å². The molecule has 3 aliphatic carbocycles. The smallest absolute Gasteiger partial charge is 0.0815 e. The largest absolute Gasteiger partial charge is 0.376 e. The number of fused-ring (bicyclic) bond motifs is 2. The Hall–Kier alpha value is -0.930. The van der Waals surface area contributed by atoms with Gasteiger partial charge in [0.2, 0.25) is 0 Å². The highest BCUT2D eigenvalue weighted by molar-refractivity contribution is 7.80. The fourth-order valence-corrected chi connectivity index (χ4v) is 7.09. The summed E-state index contributed by atoms with van der Waals surface area (Å²) in [5, 5.41) is 3.81. The van der Waals surface area contributed by atoms with Crippen LogP contribution >= 0.6 is 12.2 Å². The summed E-state index contributed by atoms with van der Waals surface area (Å²) in [6.07, 6.45) is 9.64. The summed E-state index contributed by atoms with van der Waals surface area (Å²) in [5.74, 6) is 2.33. The van der Waals surface area contributed by atoms with Gasteiger partial charge in [-0.25, -0.2) is 0 Å². The number of benzene rings is 1. The van der Waals surface area contributed by atoms with E-state index in [1.54, 1.807) is 0 Å². The molecule has 5 atom stereocenters. The van der Waals surface area contributed by atoms with Gasteiger partial charge in [0.1, 0.15) is 0 Å². The molecule has 154 valence electrons. The second-order valence-corrected chi connectivity index (χ2v) is 11.1. The van der Waals surface area contributed by atoms with Gasteiger partial charge in [-0.2, -0.15) is 0 Å². The molecule has 3 N–H and O–H groups in total. The van der Waals surface area contributed by atoms with Gasteiger partial charge in [-0.05, 0) is 80.1 Å². The molecule has 5 unspecified atom stereocenters. The Labute approximate surface area is 177 Å². The molecule has 3 heteroatoms. The van der Waals surface area contributed by atoms with Crippen molar-refractivity contribution in [3.63, 3.8) is 0 Å². The van der Waals surface area contributed by atoms with Crippen molar-refractivity contribution < 1.29 is 0 Å². The van der Waals surface area contributed by atoms with Gasteiger partial charge in [-0.15, -0.1) is 0 Å². The maximum Gasteiger partial charge on any atom is 0.0815 e. The molecule has 28 heavy (non-hydrogen) atoms. The molecule has 3 aliphatic rings. The van der Waals surface area contributed by atoms with Gasteiger partial charge in [0.15, 0.2) is 0 Å². The minimum Gasteiger partial charge on any atom is -0.376 e. The Bertz CT molecular complexity index is 692. The molecular formula is C25H38N2S. The molecule has 3 saturated carbocycles. The van der Waals surface area contributed by atoms with Gasteiger partial charge in [0.25, 0.3) is 0 Å². The molecule has 1 aromatic carbocycles. The zero-order chi connectivity index (χ0) is 19.9. The summed E-state index contributed by atoms with van der Waals surface area (Å²) in [6.45, 7) is 7.40. The highest BCUT2D eigenvalue weighted by atomic mass is 32.1. The third-order valence-corrected chi connectivity index (χ3v) is 9.10. The first kappa shape index (κ1) is 20.3. The lowest BCUT2D eigenvalue weighted by Crippen LogP contribution is -2.55. The zero-order valence-electron chi connectivity index (χ0n) is 17.9. The molecule has 0 radical (unpaired) electrons. The van der Waals surface area contributed by atoms with E-state index in [9.17, 15) is 0 Å². The van der Waals surface area contributed by atoms with Crippen LogP contribution in [-0.2, 0) is 5.41 Å². The van der Waals surface area contributed by atoms with Crippen LogP contribution in [0.15, 0.2) is 30.3 Å². The van der Waals surface area contributed by atoms with Gasteiger partial charge >= 0.3 is 0 Å². The average Bonchev–Trinajstić information content (AvgIpc) is 2.68. The fraction of sp³-hybridized carbons (Fsp3) is 0.720. The first-order valence-corrected chi connectivity index (χ1v) is 11.8. The molecule has 1 aromatic rings. The number of rotatable bonds is 3. The van der Waals surface area contributed by atoms with Crippen LogP contribution in [0.2, 0.25) is 0 Å². The summed E-state index contributed by atoms with van der Waals surface area (Å²) in [6, 6.07) is 12.2. The molecule has 4 rings (SSSR count). The maximum atomic E-state index is 6.11. The lowest BCUT2D eigenvalue weighted by molar-refractivity contribution is 0.0110. The van der Waals surface area contributed by atoms with E-state index in [0.29, 0.717) is 12.1 Å². The first-order chi connectivity index (χ1) is 13.3. The Morgan fingerprint density at radius 2 is 1.71 bits per heavy atom. The Morgan fingerprint density at radius 3 is 2.39 bits per heavy atom. The second-order valence-electron chi connectivity index (χ2n) is 10.7. The summed E-state index contributed by atoms with van der Waals surface area (Å²) < 4.78 is 0. The van der Waals surface area contributed by atoms with Crippen LogP contribution in [0.25, 0.3) is 0 Å². The Balaban J connectivity index is 1.58. The van der Waals surface area contributed by atoms with Crippen molar-refractivity contribution in [1.29, 1.82) is 0 Å². The standard InChI is InChI=1S/C25H38N2S/c1-17-13-25(20-7-5-4-6-8-20)15-19(18(17)2)14-24(3,16-25)23(28)27-22-11-9-21(26)10-12-22/h4-8,17-19,21-22H,9-16,26H2,1-3H3,(H,27,28).